The van der Waals surface area contributed by atoms with Gasteiger partial charge in [-0.2, -0.15) is 23.0 Å². The number of halogens is 3. The van der Waals surface area contributed by atoms with E-state index in [1.54, 1.807) is 36.9 Å². The van der Waals surface area contributed by atoms with Crippen LogP contribution >= 0.6 is 0 Å². The van der Waals surface area contributed by atoms with Crippen molar-refractivity contribution in [3.63, 3.8) is 0 Å². The molecule has 5 rings (SSSR count). The van der Waals surface area contributed by atoms with Crippen molar-refractivity contribution in [1.82, 2.24) is 9.78 Å². The molecule has 2 aromatic carbocycles. The van der Waals surface area contributed by atoms with Crippen molar-refractivity contribution in [3.8, 4) is 28.4 Å². The molecule has 0 spiro atoms. The van der Waals surface area contributed by atoms with Crippen molar-refractivity contribution in [3.05, 3.63) is 57.9 Å². The van der Waals surface area contributed by atoms with Crippen LogP contribution in [0.5, 0.6) is 11.5 Å². The summed E-state index contributed by atoms with van der Waals surface area (Å²) in [5.41, 5.74) is -2.27. The number of methoxy groups -OCH3 is 3. The van der Waals surface area contributed by atoms with E-state index in [1.165, 1.54) is 33.5 Å². The second-order valence-corrected chi connectivity index (χ2v) is 10.9. The van der Waals surface area contributed by atoms with Gasteiger partial charge in [0.25, 0.3) is 5.56 Å². The molecule has 1 atom stereocenters. The van der Waals surface area contributed by atoms with Gasteiger partial charge in [-0.05, 0) is 50.6 Å². The number of nitrogens with zero attached hydrogens (tertiary/aromatic N) is 4. The number of hydrogen-bond donors (Lipinski definition) is 1. The molecule has 0 bridgehead atoms. The number of alkyl halides is 3. The number of fused-ring (bicyclic) bond motifs is 1. The number of carbonyl (C=O) groups excluding carboxylic acids is 1. The van der Waals surface area contributed by atoms with Gasteiger partial charge in [-0.15, -0.1) is 0 Å². The summed E-state index contributed by atoms with van der Waals surface area (Å²) < 4.78 is 59.7. The summed E-state index contributed by atoms with van der Waals surface area (Å²) in [5.74, 6) is 0.788. The highest BCUT2D eigenvalue weighted by Gasteiger charge is 2.46. The summed E-state index contributed by atoms with van der Waals surface area (Å²) in [7, 11) is 4.07. The second kappa shape index (κ2) is 10.5. The number of hydrogen-bond acceptors (Lipinski definition) is 8. The fraction of sp³-hybridized carbons (Fsp3) is 0.414. The van der Waals surface area contributed by atoms with E-state index < -0.39 is 40.7 Å². The lowest BCUT2D eigenvalue weighted by molar-refractivity contribution is -0.137. The molecule has 0 aliphatic carbocycles. The van der Waals surface area contributed by atoms with Crippen LogP contribution in [0.15, 0.2) is 41.2 Å². The van der Waals surface area contributed by atoms with Crippen LogP contribution in [-0.2, 0) is 17.3 Å². The fourth-order valence-corrected chi connectivity index (χ4v) is 5.64. The van der Waals surface area contributed by atoms with E-state index in [2.05, 4.69) is 5.10 Å². The smallest absolute Gasteiger partial charge is 0.418 e. The van der Waals surface area contributed by atoms with E-state index in [4.69, 9.17) is 14.2 Å². The van der Waals surface area contributed by atoms with Crippen LogP contribution in [0.3, 0.4) is 0 Å². The number of aliphatic hydroxyl groups excluding tert-OH is 1. The third-order valence-electron chi connectivity index (χ3n) is 7.63. The van der Waals surface area contributed by atoms with E-state index in [9.17, 15) is 27.9 Å². The number of benzene rings is 2. The van der Waals surface area contributed by atoms with Gasteiger partial charge in [-0.3, -0.25) is 9.69 Å². The number of carbonyl (C=O) groups is 1. The molecule has 0 saturated carbocycles. The van der Waals surface area contributed by atoms with Crippen molar-refractivity contribution in [2.75, 3.05) is 44.2 Å². The molecule has 10 nitrogen and oxygen atoms in total. The van der Waals surface area contributed by atoms with Crippen molar-refractivity contribution in [1.29, 1.82) is 0 Å². The maximum absolute atomic E-state index is 14.4. The number of ether oxygens (including phenoxy) is 3. The van der Waals surface area contributed by atoms with Gasteiger partial charge in [0.05, 0.1) is 49.9 Å². The summed E-state index contributed by atoms with van der Waals surface area (Å²) in [6.07, 6.45) is -5.66. The Kier molecular flexibility index (Phi) is 7.34. The van der Waals surface area contributed by atoms with Crippen LogP contribution in [0.4, 0.5) is 29.3 Å². The second-order valence-electron chi connectivity index (χ2n) is 10.9. The summed E-state index contributed by atoms with van der Waals surface area (Å²) in [6, 6.07) is 8.31. The predicted molar refractivity (Wildman–Crippen MR) is 149 cm³/mol. The van der Waals surface area contributed by atoms with Crippen LogP contribution in [-0.4, -0.2) is 67.0 Å². The molecule has 3 heterocycles. The lowest BCUT2D eigenvalue weighted by atomic mass is 9.96. The maximum atomic E-state index is 14.4. The van der Waals surface area contributed by atoms with E-state index >= 15 is 0 Å². The normalized spacial score (nSPS) is 17.8. The number of aliphatic hydroxyl groups is 1. The minimum Gasteiger partial charge on any atom is -0.497 e. The van der Waals surface area contributed by atoms with Crippen LogP contribution in [0.25, 0.3) is 16.9 Å². The number of amides is 1. The van der Waals surface area contributed by atoms with Gasteiger partial charge in [-0.1, -0.05) is 0 Å². The van der Waals surface area contributed by atoms with Gasteiger partial charge >= 0.3 is 12.3 Å². The average molecular weight is 589 g/mol. The number of anilines is 2. The van der Waals surface area contributed by atoms with Crippen molar-refractivity contribution < 1.29 is 37.3 Å². The minimum absolute atomic E-state index is 0.131. The first-order chi connectivity index (χ1) is 19.8. The van der Waals surface area contributed by atoms with Gasteiger partial charge in [0.15, 0.2) is 0 Å². The van der Waals surface area contributed by atoms with Crippen LogP contribution in [0.1, 0.15) is 31.4 Å². The zero-order valence-electron chi connectivity index (χ0n) is 23.8. The lowest BCUT2D eigenvalue weighted by Gasteiger charge is -2.30. The first-order valence-electron chi connectivity index (χ1n) is 13.2. The molecule has 1 aromatic heterocycles. The molecule has 2 aliphatic rings. The Morgan fingerprint density at radius 3 is 2.29 bits per heavy atom. The summed E-state index contributed by atoms with van der Waals surface area (Å²) in [5, 5.41) is 14.5. The number of β-amino-alcohol motifs (C(OH)–C–C–N with tert-alkyl or cyclic N) is 1. The van der Waals surface area contributed by atoms with Gasteiger partial charge in [0, 0.05) is 42.4 Å². The maximum Gasteiger partial charge on any atom is 0.418 e. The van der Waals surface area contributed by atoms with E-state index in [1.807, 2.05) is 0 Å². The highest BCUT2D eigenvalue weighted by Crippen LogP contribution is 2.43. The Morgan fingerprint density at radius 1 is 1.07 bits per heavy atom. The molecule has 42 heavy (non-hydrogen) atoms. The molecule has 1 fully saturated rings. The number of rotatable bonds is 5. The van der Waals surface area contributed by atoms with E-state index in [0.29, 0.717) is 46.0 Å². The Morgan fingerprint density at radius 2 is 1.74 bits per heavy atom. The molecule has 1 unspecified atom stereocenters. The highest BCUT2D eigenvalue weighted by molar-refractivity contribution is 5.94. The Hall–Kier alpha value is -4.26. The lowest BCUT2D eigenvalue weighted by Crippen LogP contribution is -2.47. The number of aromatic nitrogens is 2. The van der Waals surface area contributed by atoms with Gasteiger partial charge < -0.3 is 24.2 Å². The molecule has 0 radical (unpaired) electrons. The summed E-state index contributed by atoms with van der Waals surface area (Å²) in [4.78, 5) is 30.1. The molecule has 3 aromatic rings. The van der Waals surface area contributed by atoms with Crippen molar-refractivity contribution in [2.24, 2.45) is 0 Å². The Balaban J connectivity index is 1.86. The highest BCUT2D eigenvalue weighted by atomic mass is 19.4. The van der Waals surface area contributed by atoms with Gasteiger partial charge in [-0.25, -0.2) is 4.79 Å². The largest absolute Gasteiger partial charge is 0.497 e. The Bertz CT molecular complexity index is 1580. The third-order valence-corrected chi connectivity index (χ3v) is 7.63. The molecule has 13 heteroatoms. The van der Waals surface area contributed by atoms with Gasteiger partial charge in [0.2, 0.25) is 0 Å². The van der Waals surface area contributed by atoms with Crippen LogP contribution < -0.4 is 24.8 Å². The molecule has 1 saturated heterocycles. The SMILES string of the molecule is COC(=O)N1c2c(c(-c3cc(OC)cc(OC)c3)nn(-c3cc(N4CCC(O)C4)ccc3C(F)(F)F)c2=O)CC1(C)C. The minimum atomic E-state index is -4.83. The van der Waals surface area contributed by atoms with Crippen molar-refractivity contribution in [2.45, 2.75) is 44.5 Å². The predicted octanol–water partition coefficient (Wildman–Crippen LogP) is 4.41. The summed E-state index contributed by atoms with van der Waals surface area (Å²) >= 11 is 0. The summed E-state index contributed by atoms with van der Waals surface area (Å²) in [6.45, 7) is 4.11. The third kappa shape index (κ3) is 5.02. The van der Waals surface area contributed by atoms with Gasteiger partial charge in [0.1, 0.15) is 17.2 Å². The monoisotopic (exact) mass is 588 g/mol. The standard InChI is InChI=1S/C29H31F3N4O6/c1-28(2)14-21-24(16-10-19(40-3)13-20(11-16)41-4)33-36(26(38)25(21)35(28)27(39)42-5)23-12-17(34-9-8-18(37)15-34)6-7-22(23)29(30,31)32/h6-7,10-13,18,37H,8-9,14-15H2,1-5H3. The van der Waals surface area contributed by atoms with Crippen LogP contribution in [0.2, 0.25) is 0 Å². The molecule has 1 amide bonds. The Labute approximate surface area is 239 Å². The first kappa shape index (κ1) is 29.2. The molecule has 224 valence electrons. The molecule has 1 N–H and O–H groups in total. The van der Waals surface area contributed by atoms with E-state index in [0.717, 1.165) is 11.0 Å². The fourth-order valence-electron chi connectivity index (χ4n) is 5.64. The molecular weight excluding hydrogens is 557 g/mol. The molecule has 2 aliphatic heterocycles. The zero-order valence-corrected chi connectivity index (χ0v) is 23.8. The first-order valence-corrected chi connectivity index (χ1v) is 13.2. The zero-order chi connectivity index (χ0) is 30.6. The quantitative estimate of drug-likeness (QED) is 0.467. The van der Waals surface area contributed by atoms with Crippen LogP contribution in [0, 0.1) is 0 Å². The van der Waals surface area contributed by atoms with E-state index in [-0.39, 0.29) is 24.3 Å². The topological polar surface area (TPSA) is 106 Å². The van der Waals surface area contributed by atoms with Crippen molar-refractivity contribution >= 4 is 17.5 Å². The average Bonchev–Trinajstić information content (AvgIpc) is 3.51. The molecular formula is C29H31F3N4O6.